The van der Waals surface area contributed by atoms with Crippen LogP contribution in [0.3, 0.4) is 0 Å². The van der Waals surface area contributed by atoms with Crippen LogP contribution in [-0.2, 0) is 9.59 Å². The van der Waals surface area contributed by atoms with Gasteiger partial charge in [0.25, 0.3) is 0 Å². The third-order valence-corrected chi connectivity index (χ3v) is 1.59. The van der Waals surface area contributed by atoms with Crippen molar-refractivity contribution < 1.29 is 23.8 Å². The number of halogens is 2. The molecule has 1 rings (SSSR count). The summed E-state index contributed by atoms with van der Waals surface area (Å²) in [5.41, 5.74) is 0. The molecular formula is C8H4ClFO4. The Bertz CT molecular complexity index is 391. The molecule has 0 unspecified atom stereocenters. The van der Waals surface area contributed by atoms with Gasteiger partial charge in [0.05, 0.1) is 5.02 Å². The number of carboxylic acids is 1. The molecule has 0 saturated heterocycles. The second-order valence-corrected chi connectivity index (χ2v) is 2.65. The maximum absolute atomic E-state index is 13.0. The number of rotatable bonds is 1. The third-order valence-electron chi connectivity index (χ3n) is 1.29. The van der Waals surface area contributed by atoms with Gasteiger partial charge in [0.15, 0.2) is 11.6 Å². The van der Waals surface area contributed by atoms with Crippen LogP contribution in [-0.4, -0.2) is 17.0 Å². The first-order valence-corrected chi connectivity index (χ1v) is 3.79. The molecule has 0 aliphatic heterocycles. The summed E-state index contributed by atoms with van der Waals surface area (Å²) in [6.07, 6.45) is 0. The maximum Gasteiger partial charge on any atom is 0.422 e. The molecule has 0 radical (unpaired) electrons. The van der Waals surface area contributed by atoms with E-state index in [1.807, 2.05) is 0 Å². The fraction of sp³-hybridized carbons (Fsp3) is 0. The van der Waals surface area contributed by atoms with Gasteiger partial charge in [0.1, 0.15) is 0 Å². The van der Waals surface area contributed by atoms with Gasteiger partial charge in [-0.15, -0.1) is 0 Å². The highest BCUT2D eigenvalue weighted by atomic mass is 35.5. The predicted octanol–water partition coefficient (Wildman–Crippen LogP) is 1.47. The lowest BCUT2D eigenvalue weighted by Gasteiger charge is -2.02. The zero-order valence-electron chi connectivity index (χ0n) is 6.66. The first-order chi connectivity index (χ1) is 6.52. The molecule has 4 nitrogen and oxygen atoms in total. The van der Waals surface area contributed by atoms with Gasteiger partial charge in [-0.3, -0.25) is 0 Å². The number of hydrogen-bond donors (Lipinski definition) is 1. The van der Waals surface area contributed by atoms with Gasteiger partial charge in [-0.05, 0) is 12.1 Å². The van der Waals surface area contributed by atoms with Crippen LogP contribution in [0.15, 0.2) is 18.2 Å². The molecule has 0 amide bonds. The van der Waals surface area contributed by atoms with E-state index in [1.54, 1.807) is 0 Å². The van der Waals surface area contributed by atoms with Crippen LogP contribution in [0.25, 0.3) is 0 Å². The van der Waals surface area contributed by atoms with Gasteiger partial charge in [0, 0.05) is 0 Å². The predicted molar refractivity (Wildman–Crippen MR) is 44.7 cm³/mol. The third kappa shape index (κ3) is 2.20. The first kappa shape index (κ1) is 10.5. The molecule has 0 fully saturated rings. The fourth-order valence-electron chi connectivity index (χ4n) is 0.706. The normalized spacial score (nSPS) is 9.57. The molecule has 0 heterocycles. The topological polar surface area (TPSA) is 63.6 Å². The number of hydrogen-bond acceptors (Lipinski definition) is 3. The van der Waals surface area contributed by atoms with Gasteiger partial charge in [-0.25, -0.2) is 14.0 Å². The van der Waals surface area contributed by atoms with Crippen LogP contribution in [0.4, 0.5) is 4.39 Å². The summed E-state index contributed by atoms with van der Waals surface area (Å²) in [6.45, 7) is 0. The quantitative estimate of drug-likeness (QED) is 0.440. The largest absolute Gasteiger partial charge is 0.473 e. The van der Waals surface area contributed by atoms with Crippen molar-refractivity contribution >= 4 is 23.5 Å². The van der Waals surface area contributed by atoms with Crippen molar-refractivity contribution in [3.8, 4) is 5.75 Å². The van der Waals surface area contributed by atoms with E-state index >= 15 is 0 Å². The number of carbonyl (C=O) groups is 2. The van der Waals surface area contributed by atoms with Gasteiger partial charge in [-0.1, -0.05) is 17.7 Å². The minimum absolute atomic E-state index is 0.249. The maximum atomic E-state index is 13.0. The average Bonchev–Trinajstić information content (AvgIpc) is 2.12. The van der Waals surface area contributed by atoms with E-state index in [4.69, 9.17) is 16.7 Å². The van der Waals surface area contributed by atoms with E-state index < -0.39 is 23.5 Å². The van der Waals surface area contributed by atoms with Crippen LogP contribution in [0.5, 0.6) is 5.75 Å². The van der Waals surface area contributed by atoms with Crippen LogP contribution in [0.1, 0.15) is 0 Å². The zero-order chi connectivity index (χ0) is 10.7. The molecule has 0 aromatic heterocycles. The fourth-order valence-corrected chi connectivity index (χ4v) is 0.872. The highest BCUT2D eigenvalue weighted by molar-refractivity contribution is 6.31. The summed E-state index contributed by atoms with van der Waals surface area (Å²) < 4.78 is 17.2. The van der Waals surface area contributed by atoms with Gasteiger partial charge < -0.3 is 9.84 Å². The lowest BCUT2D eigenvalue weighted by Crippen LogP contribution is -2.19. The molecule has 1 N–H and O–H groups in total. The second kappa shape index (κ2) is 4.06. The van der Waals surface area contributed by atoms with Gasteiger partial charge >= 0.3 is 11.9 Å². The lowest BCUT2D eigenvalue weighted by atomic mass is 10.3. The molecule has 1 aromatic carbocycles. The van der Waals surface area contributed by atoms with Crippen molar-refractivity contribution in [1.29, 1.82) is 0 Å². The van der Waals surface area contributed by atoms with Crippen molar-refractivity contribution in [2.24, 2.45) is 0 Å². The van der Waals surface area contributed by atoms with Crippen LogP contribution < -0.4 is 4.74 Å². The zero-order valence-corrected chi connectivity index (χ0v) is 7.42. The molecule has 74 valence electrons. The molecular weight excluding hydrogens is 215 g/mol. The second-order valence-electron chi connectivity index (χ2n) is 2.25. The summed E-state index contributed by atoms with van der Waals surface area (Å²) in [7, 11) is 0. The Kier molecular flexibility index (Phi) is 3.03. The summed E-state index contributed by atoms with van der Waals surface area (Å²) in [5.74, 6) is -4.84. The number of carbonyl (C=O) groups excluding carboxylic acids is 1. The van der Waals surface area contributed by atoms with Crippen LogP contribution >= 0.6 is 11.6 Å². The minimum atomic E-state index is -1.80. The highest BCUT2D eigenvalue weighted by Gasteiger charge is 2.17. The Morgan fingerprint density at radius 3 is 2.64 bits per heavy atom. The van der Waals surface area contributed by atoms with E-state index in [0.717, 1.165) is 6.07 Å². The molecule has 0 atom stereocenters. The molecule has 0 saturated carbocycles. The molecule has 6 heteroatoms. The van der Waals surface area contributed by atoms with Crippen LogP contribution in [0, 0.1) is 5.82 Å². The number of aliphatic carboxylic acids is 1. The molecule has 1 aromatic rings. The van der Waals surface area contributed by atoms with E-state index in [2.05, 4.69) is 4.74 Å². The van der Waals surface area contributed by atoms with E-state index in [0.29, 0.717) is 0 Å². The number of ether oxygens (including phenoxy) is 1. The average molecular weight is 219 g/mol. The molecule has 0 aliphatic rings. The Hall–Kier alpha value is -1.62. The molecule has 0 bridgehead atoms. The van der Waals surface area contributed by atoms with Crippen molar-refractivity contribution in [2.75, 3.05) is 0 Å². The number of carboxylic acid groups (broad SMARTS) is 1. The molecule has 14 heavy (non-hydrogen) atoms. The Morgan fingerprint density at radius 2 is 2.07 bits per heavy atom. The lowest BCUT2D eigenvalue weighted by molar-refractivity contribution is -0.158. The Balaban J connectivity index is 2.93. The monoisotopic (exact) mass is 218 g/mol. The van der Waals surface area contributed by atoms with Crippen molar-refractivity contribution in [1.82, 2.24) is 0 Å². The summed E-state index contributed by atoms with van der Waals surface area (Å²) in [6, 6.07) is 3.67. The van der Waals surface area contributed by atoms with Gasteiger partial charge in [-0.2, -0.15) is 0 Å². The van der Waals surface area contributed by atoms with Crippen molar-refractivity contribution in [3.05, 3.63) is 29.0 Å². The van der Waals surface area contributed by atoms with Crippen molar-refractivity contribution in [3.63, 3.8) is 0 Å². The Labute approximate surface area is 82.9 Å². The summed E-state index contributed by atoms with van der Waals surface area (Å²) >= 11 is 5.36. The smallest absolute Gasteiger partial charge is 0.422 e. The van der Waals surface area contributed by atoms with E-state index in [-0.39, 0.29) is 5.02 Å². The first-order valence-electron chi connectivity index (χ1n) is 3.41. The number of benzene rings is 1. The summed E-state index contributed by atoms with van der Waals surface area (Å²) in [4.78, 5) is 20.6. The SMILES string of the molecule is O=C(O)C(=O)Oc1cccc(Cl)c1F. The standard InChI is InChI=1S/C8H4ClFO4/c9-4-2-1-3-5(6(4)10)14-8(13)7(11)12/h1-3H,(H,11,12). The van der Waals surface area contributed by atoms with Gasteiger partial charge in [0.2, 0.25) is 0 Å². The van der Waals surface area contributed by atoms with E-state index in [1.165, 1.54) is 12.1 Å². The molecule has 0 aliphatic carbocycles. The molecule has 0 spiro atoms. The highest BCUT2D eigenvalue weighted by Crippen LogP contribution is 2.23. The van der Waals surface area contributed by atoms with Crippen molar-refractivity contribution in [2.45, 2.75) is 0 Å². The van der Waals surface area contributed by atoms with Crippen LogP contribution in [0.2, 0.25) is 5.02 Å². The minimum Gasteiger partial charge on any atom is -0.473 e. The summed E-state index contributed by atoms with van der Waals surface area (Å²) in [5, 5.41) is 7.92. The number of esters is 1. The Morgan fingerprint density at radius 1 is 1.43 bits per heavy atom. The van der Waals surface area contributed by atoms with E-state index in [9.17, 15) is 14.0 Å².